The van der Waals surface area contributed by atoms with Crippen LogP contribution in [0.4, 0.5) is 0 Å². The van der Waals surface area contributed by atoms with Gasteiger partial charge in [-0.25, -0.2) is 0 Å². The van der Waals surface area contributed by atoms with Crippen LogP contribution in [0.25, 0.3) is 0 Å². The summed E-state index contributed by atoms with van der Waals surface area (Å²) >= 11 is 0. The first kappa shape index (κ1) is 18.8. The van der Waals surface area contributed by atoms with Gasteiger partial charge in [0, 0.05) is 0 Å². The van der Waals surface area contributed by atoms with E-state index in [2.05, 4.69) is 13.2 Å². The summed E-state index contributed by atoms with van der Waals surface area (Å²) in [5, 5.41) is 0. The molecule has 0 fully saturated rings. The van der Waals surface area contributed by atoms with E-state index in [1.165, 1.54) is 12.2 Å². The summed E-state index contributed by atoms with van der Waals surface area (Å²) in [6, 6.07) is 0. The Kier molecular flexibility index (Phi) is 7.45. The fraction of sp³-hybridized carbons (Fsp3) is 0.636. The van der Waals surface area contributed by atoms with Gasteiger partial charge in [-0.2, -0.15) is 0 Å². The van der Waals surface area contributed by atoms with Crippen LogP contribution >= 0.6 is 15.2 Å². The molecule has 0 unspecified atom stereocenters. The van der Waals surface area contributed by atoms with Crippen LogP contribution < -0.4 is 0 Å². The molecule has 2 N–H and O–H groups in total. The third-order valence-corrected chi connectivity index (χ3v) is 5.63. The van der Waals surface area contributed by atoms with Crippen molar-refractivity contribution in [1.82, 2.24) is 0 Å². The molecule has 0 aliphatic heterocycles. The maximum atomic E-state index is 12.4. The molecule has 0 rings (SSSR count). The lowest BCUT2D eigenvalue weighted by molar-refractivity contribution is 0.225. The van der Waals surface area contributed by atoms with Crippen molar-refractivity contribution in [2.24, 2.45) is 5.41 Å². The quantitative estimate of drug-likeness (QED) is 0.476. The molecule has 0 atom stereocenters. The standard InChI is InChI=1S/C11H22O6P2/c1-5-7-16-19(15,17-8-6-2)10-11(3,4)9-18(12,13)14/h5-6H,1-2,7-10H2,3-4H3,(H2,12,13,14). The van der Waals surface area contributed by atoms with Crippen molar-refractivity contribution >= 4 is 15.2 Å². The lowest BCUT2D eigenvalue weighted by atomic mass is 10.0. The van der Waals surface area contributed by atoms with E-state index in [1.807, 2.05) is 0 Å². The first-order chi connectivity index (χ1) is 8.54. The Labute approximate surface area is 114 Å². The highest BCUT2D eigenvalue weighted by Gasteiger charge is 2.37. The minimum Gasteiger partial charge on any atom is -0.324 e. The van der Waals surface area contributed by atoms with Crippen molar-refractivity contribution in [2.75, 3.05) is 25.5 Å². The zero-order valence-electron chi connectivity index (χ0n) is 11.3. The Morgan fingerprint density at radius 2 is 1.47 bits per heavy atom. The average Bonchev–Trinajstić information content (AvgIpc) is 2.19. The zero-order chi connectivity index (χ0) is 15.2. The highest BCUT2D eigenvalue weighted by molar-refractivity contribution is 7.54. The largest absolute Gasteiger partial charge is 0.331 e. The Hall–Kier alpha value is -0.220. The molecule has 0 radical (unpaired) electrons. The highest BCUT2D eigenvalue weighted by Crippen LogP contribution is 2.55. The Balaban J connectivity index is 4.87. The van der Waals surface area contributed by atoms with E-state index < -0.39 is 20.6 Å². The molecule has 0 saturated carbocycles. The summed E-state index contributed by atoms with van der Waals surface area (Å²) in [5.41, 5.74) is -0.878. The van der Waals surface area contributed by atoms with E-state index in [-0.39, 0.29) is 25.5 Å². The molecule has 0 heterocycles. The van der Waals surface area contributed by atoms with Crippen LogP contribution in [-0.2, 0) is 18.2 Å². The maximum absolute atomic E-state index is 12.4. The number of hydrogen-bond acceptors (Lipinski definition) is 4. The van der Waals surface area contributed by atoms with Gasteiger partial charge >= 0.3 is 15.2 Å². The zero-order valence-corrected chi connectivity index (χ0v) is 13.1. The van der Waals surface area contributed by atoms with Crippen molar-refractivity contribution in [1.29, 1.82) is 0 Å². The molecule has 0 amide bonds. The molecule has 0 aromatic rings. The fourth-order valence-corrected chi connectivity index (χ4v) is 5.08. The van der Waals surface area contributed by atoms with Crippen LogP contribution in [0.2, 0.25) is 0 Å². The number of rotatable bonds is 10. The average molecular weight is 312 g/mol. The van der Waals surface area contributed by atoms with Crippen molar-refractivity contribution in [3.05, 3.63) is 25.3 Å². The molecule has 0 aliphatic carbocycles. The van der Waals surface area contributed by atoms with Crippen molar-refractivity contribution in [3.8, 4) is 0 Å². The van der Waals surface area contributed by atoms with Crippen molar-refractivity contribution in [3.63, 3.8) is 0 Å². The molecule has 0 saturated heterocycles. The SMILES string of the molecule is C=CCOP(=O)(CC(C)(C)CP(=O)(O)O)OCC=C. The Morgan fingerprint density at radius 1 is 1.05 bits per heavy atom. The van der Waals surface area contributed by atoms with Gasteiger partial charge in [-0.15, -0.1) is 13.2 Å². The number of hydrogen-bond donors (Lipinski definition) is 2. The van der Waals surface area contributed by atoms with Gasteiger partial charge < -0.3 is 18.8 Å². The van der Waals surface area contributed by atoms with E-state index in [9.17, 15) is 9.13 Å². The first-order valence-electron chi connectivity index (χ1n) is 5.68. The molecule has 0 aromatic carbocycles. The second-order valence-electron chi connectivity index (χ2n) is 4.92. The van der Waals surface area contributed by atoms with Gasteiger partial charge in [0.05, 0.1) is 25.5 Å². The molecule has 0 aliphatic rings. The first-order valence-corrected chi connectivity index (χ1v) is 9.21. The minimum atomic E-state index is -4.20. The predicted molar refractivity (Wildman–Crippen MR) is 75.5 cm³/mol. The molecule has 8 heteroatoms. The van der Waals surface area contributed by atoms with Crippen LogP contribution in [0.3, 0.4) is 0 Å². The third-order valence-electron chi connectivity index (χ3n) is 2.03. The van der Waals surface area contributed by atoms with Crippen molar-refractivity contribution < 1.29 is 28.0 Å². The summed E-state index contributed by atoms with van der Waals surface area (Å²) in [6.07, 6.45) is 2.38. The molecule has 0 spiro atoms. The molecule has 112 valence electrons. The normalized spacial score (nSPS) is 13.3. The second-order valence-corrected chi connectivity index (χ2v) is 8.62. The Bertz CT molecular complexity index is 382. The molecule has 19 heavy (non-hydrogen) atoms. The van der Waals surface area contributed by atoms with Gasteiger partial charge in [0.15, 0.2) is 0 Å². The van der Waals surface area contributed by atoms with E-state index >= 15 is 0 Å². The van der Waals surface area contributed by atoms with Gasteiger partial charge in [-0.1, -0.05) is 26.0 Å². The van der Waals surface area contributed by atoms with Gasteiger partial charge in [0.1, 0.15) is 0 Å². The smallest absolute Gasteiger partial charge is 0.324 e. The van der Waals surface area contributed by atoms with E-state index in [4.69, 9.17) is 18.8 Å². The minimum absolute atomic E-state index is 0.0421. The molecular formula is C11H22O6P2. The van der Waals surface area contributed by atoms with Crippen LogP contribution in [0, 0.1) is 5.41 Å². The van der Waals surface area contributed by atoms with Crippen LogP contribution in [0.15, 0.2) is 25.3 Å². The van der Waals surface area contributed by atoms with Crippen LogP contribution in [-0.4, -0.2) is 35.3 Å². The summed E-state index contributed by atoms with van der Waals surface area (Å²) < 4.78 is 33.8. The topological polar surface area (TPSA) is 93.1 Å². The van der Waals surface area contributed by atoms with Crippen molar-refractivity contribution in [2.45, 2.75) is 13.8 Å². The third kappa shape index (κ3) is 9.33. The fourth-order valence-electron chi connectivity index (χ4n) is 1.59. The summed E-state index contributed by atoms with van der Waals surface area (Å²) in [7, 11) is -7.64. The monoisotopic (exact) mass is 312 g/mol. The maximum Gasteiger partial charge on any atom is 0.331 e. The second kappa shape index (κ2) is 7.53. The predicted octanol–water partition coefficient (Wildman–Crippen LogP) is 2.79. The van der Waals surface area contributed by atoms with E-state index in [1.54, 1.807) is 13.8 Å². The highest BCUT2D eigenvalue weighted by atomic mass is 31.2. The summed E-state index contributed by atoms with van der Waals surface area (Å²) in [5.74, 6) is 0. The lowest BCUT2D eigenvalue weighted by Gasteiger charge is -2.29. The van der Waals surface area contributed by atoms with Gasteiger partial charge in [-0.05, 0) is 5.41 Å². The molecule has 0 aromatic heterocycles. The molecule has 6 nitrogen and oxygen atoms in total. The lowest BCUT2D eigenvalue weighted by Crippen LogP contribution is -2.23. The summed E-state index contributed by atoms with van der Waals surface area (Å²) in [6.45, 7) is 10.2. The van der Waals surface area contributed by atoms with Crippen LogP contribution in [0.5, 0.6) is 0 Å². The van der Waals surface area contributed by atoms with Gasteiger partial charge in [0.2, 0.25) is 0 Å². The van der Waals surface area contributed by atoms with Gasteiger partial charge in [-0.3, -0.25) is 9.13 Å². The van der Waals surface area contributed by atoms with Gasteiger partial charge in [0.25, 0.3) is 0 Å². The Morgan fingerprint density at radius 3 is 1.79 bits per heavy atom. The summed E-state index contributed by atoms with van der Waals surface area (Å²) in [4.78, 5) is 18.0. The molecular weight excluding hydrogens is 290 g/mol. The van der Waals surface area contributed by atoms with E-state index in [0.717, 1.165) is 0 Å². The van der Waals surface area contributed by atoms with Crippen LogP contribution in [0.1, 0.15) is 13.8 Å². The van der Waals surface area contributed by atoms with E-state index in [0.29, 0.717) is 0 Å². The molecule has 0 bridgehead atoms.